The summed E-state index contributed by atoms with van der Waals surface area (Å²) in [6.07, 6.45) is 0. The Morgan fingerprint density at radius 1 is 1.00 bits per heavy atom. The van der Waals surface area contributed by atoms with Gasteiger partial charge in [-0.25, -0.2) is 0 Å². The molecule has 0 unspecified atom stereocenters. The first kappa shape index (κ1) is 11.8. The standard InChI is InChI=1S/C16H12N2/c1-12-5-6-14(9-15(12)11-17)8-7-13-3-2-4-16(18)10-13/h2-6,9-10H,18H2,1H3. The molecule has 2 N–H and O–H groups in total. The minimum atomic E-state index is 0.661. The molecule has 0 atom stereocenters. The van der Waals surface area contributed by atoms with Gasteiger partial charge in [0, 0.05) is 16.8 Å². The van der Waals surface area contributed by atoms with Gasteiger partial charge in [-0.15, -0.1) is 0 Å². The van der Waals surface area contributed by atoms with Crippen LogP contribution >= 0.6 is 0 Å². The van der Waals surface area contributed by atoms with Crippen LogP contribution in [0.4, 0.5) is 5.69 Å². The van der Waals surface area contributed by atoms with Gasteiger partial charge in [-0.3, -0.25) is 0 Å². The van der Waals surface area contributed by atoms with Gasteiger partial charge in [0.05, 0.1) is 11.6 Å². The fourth-order valence-electron chi connectivity index (χ4n) is 1.58. The first-order valence-corrected chi connectivity index (χ1v) is 5.57. The lowest BCUT2D eigenvalue weighted by molar-refractivity contribution is 1.38. The van der Waals surface area contributed by atoms with Crippen LogP contribution in [0, 0.1) is 30.1 Å². The lowest BCUT2D eigenvalue weighted by atomic mass is 10.1. The third-order valence-electron chi connectivity index (χ3n) is 2.60. The van der Waals surface area contributed by atoms with Crippen molar-refractivity contribution in [3.05, 3.63) is 64.7 Å². The molecule has 0 spiro atoms. The molecule has 0 aromatic heterocycles. The zero-order chi connectivity index (χ0) is 13.0. The molecular weight excluding hydrogens is 220 g/mol. The predicted molar refractivity (Wildman–Crippen MR) is 72.7 cm³/mol. The highest BCUT2D eigenvalue weighted by atomic mass is 14.5. The van der Waals surface area contributed by atoms with E-state index in [0.717, 1.165) is 16.7 Å². The first-order valence-electron chi connectivity index (χ1n) is 5.57. The summed E-state index contributed by atoms with van der Waals surface area (Å²) in [6, 6.07) is 15.2. The third kappa shape index (κ3) is 2.70. The van der Waals surface area contributed by atoms with Gasteiger partial charge >= 0.3 is 0 Å². The normalized spacial score (nSPS) is 9.11. The molecule has 2 aromatic rings. The lowest BCUT2D eigenvalue weighted by Crippen LogP contribution is -1.85. The summed E-state index contributed by atoms with van der Waals surface area (Å²) in [5, 5.41) is 8.95. The Morgan fingerprint density at radius 3 is 2.39 bits per heavy atom. The summed E-state index contributed by atoms with van der Waals surface area (Å²) in [5.41, 5.74) is 9.71. The summed E-state index contributed by atoms with van der Waals surface area (Å²) in [7, 11) is 0. The van der Waals surface area contributed by atoms with Crippen molar-refractivity contribution in [2.75, 3.05) is 5.73 Å². The maximum absolute atomic E-state index is 8.95. The van der Waals surface area contributed by atoms with Crippen molar-refractivity contribution in [3.63, 3.8) is 0 Å². The highest BCUT2D eigenvalue weighted by molar-refractivity contribution is 5.51. The van der Waals surface area contributed by atoms with Crippen LogP contribution in [0.1, 0.15) is 22.3 Å². The number of hydrogen-bond donors (Lipinski definition) is 1. The van der Waals surface area contributed by atoms with Gasteiger partial charge < -0.3 is 5.73 Å². The second kappa shape index (κ2) is 5.08. The minimum Gasteiger partial charge on any atom is -0.399 e. The molecule has 2 aromatic carbocycles. The molecule has 0 saturated carbocycles. The number of aryl methyl sites for hydroxylation is 1. The minimum absolute atomic E-state index is 0.661. The SMILES string of the molecule is Cc1ccc(C#Cc2cccc(N)c2)cc1C#N. The summed E-state index contributed by atoms with van der Waals surface area (Å²) >= 11 is 0. The number of nitrogens with zero attached hydrogens (tertiary/aromatic N) is 1. The van der Waals surface area contributed by atoms with Crippen LogP contribution in [0.5, 0.6) is 0 Å². The van der Waals surface area contributed by atoms with E-state index < -0.39 is 0 Å². The Labute approximate surface area is 107 Å². The summed E-state index contributed by atoms with van der Waals surface area (Å²) < 4.78 is 0. The van der Waals surface area contributed by atoms with Crippen molar-refractivity contribution < 1.29 is 0 Å². The zero-order valence-electron chi connectivity index (χ0n) is 10.1. The Kier molecular flexibility index (Phi) is 3.32. The number of benzene rings is 2. The number of nitriles is 1. The molecule has 0 aliphatic carbocycles. The van der Waals surface area contributed by atoms with Gasteiger partial charge in [0.25, 0.3) is 0 Å². The number of hydrogen-bond acceptors (Lipinski definition) is 2. The van der Waals surface area contributed by atoms with Crippen molar-refractivity contribution in [1.82, 2.24) is 0 Å². The Balaban J connectivity index is 2.33. The average Bonchev–Trinajstić information content (AvgIpc) is 2.38. The van der Waals surface area contributed by atoms with E-state index >= 15 is 0 Å². The Morgan fingerprint density at radius 2 is 1.72 bits per heavy atom. The summed E-state index contributed by atoms with van der Waals surface area (Å²) in [4.78, 5) is 0. The van der Waals surface area contributed by atoms with E-state index in [0.29, 0.717) is 11.3 Å². The van der Waals surface area contributed by atoms with Crippen LogP contribution in [0.15, 0.2) is 42.5 Å². The molecule has 0 saturated heterocycles. The summed E-state index contributed by atoms with van der Waals surface area (Å²) in [6.45, 7) is 1.91. The van der Waals surface area contributed by atoms with E-state index in [1.54, 1.807) is 6.07 Å². The molecule has 18 heavy (non-hydrogen) atoms. The van der Waals surface area contributed by atoms with Crippen LogP contribution in [0.3, 0.4) is 0 Å². The molecule has 0 radical (unpaired) electrons. The van der Waals surface area contributed by atoms with Crippen molar-refractivity contribution in [1.29, 1.82) is 5.26 Å². The molecule has 86 valence electrons. The first-order chi connectivity index (χ1) is 8.69. The number of rotatable bonds is 0. The average molecular weight is 232 g/mol. The van der Waals surface area contributed by atoms with E-state index in [2.05, 4.69) is 17.9 Å². The largest absolute Gasteiger partial charge is 0.399 e. The second-order valence-corrected chi connectivity index (χ2v) is 4.02. The van der Waals surface area contributed by atoms with Gasteiger partial charge in [0.15, 0.2) is 0 Å². The smallest absolute Gasteiger partial charge is 0.0994 e. The van der Waals surface area contributed by atoms with Gasteiger partial charge in [0.2, 0.25) is 0 Å². The fourth-order valence-corrected chi connectivity index (χ4v) is 1.58. The molecule has 2 heteroatoms. The highest BCUT2D eigenvalue weighted by Gasteiger charge is 1.97. The van der Waals surface area contributed by atoms with E-state index in [4.69, 9.17) is 11.0 Å². The molecule has 2 rings (SSSR count). The van der Waals surface area contributed by atoms with Crippen molar-refractivity contribution >= 4 is 5.69 Å². The van der Waals surface area contributed by atoms with Crippen molar-refractivity contribution in [2.24, 2.45) is 0 Å². The van der Waals surface area contributed by atoms with Gasteiger partial charge in [-0.2, -0.15) is 5.26 Å². The monoisotopic (exact) mass is 232 g/mol. The van der Waals surface area contributed by atoms with Crippen LogP contribution in [-0.2, 0) is 0 Å². The molecule has 2 nitrogen and oxygen atoms in total. The second-order valence-electron chi connectivity index (χ2n) is 4.02. The highest BCUT2D eigenvalue weighted by Crippen LogP contribution is 2.10. The van der Waals surface area contributed by atoms with E-state index in [9.17, 15) is 0 Å². The fraction of sp³-hybridized carbons (Fsp3) is 0.0625. The molecule has 0 amide bonds. The Bertz CT molecular complexity index is 682. The third-order valence-corrected chi connectivity index (χ3v) is 2.60. The van der Waals surface area contributed by atoms with Crippen LogP contribution in [0.25, 0.3) is 0 Å². The molecule has 0 heterocycles. The van der Waals surface area contributed by atoms with Crippen molar-refractivity contribution in [3.8, 4) is 17.9 Å². The van der Waals surface area contributed by atoms with E-state index in [-0.39, 0.29) is 0 Å². The Hall–Kier alpha value is -2.71. The number of nitrogen functional groups attached to an aromatic ring is 1. The lowest BCUT2D eigenvalue weighted by Gasteiger charge is -1.97. The van der Waals surface area contributed by atoms with E-state index in [1.165, 1.54) is 0 Å². The topological polar surface area (TPSA) is 49.8 Å². The number of anilines is 1. The predicted octanol–water partition coefficient (Wildman–Crippen LogP) is 2.85. The van der Waals surface area contributed by atoms with Crippen LogP contribution in [-0.4, -0.2) is 0 Å². The van der Waals surface area contributed by atoms with Crippen LogP contribution < -0.4 is 5.73 Å². The van der Waals surface area contributed by atoms with Gasteiger partial charge in [-0.05, 0) is 42.8 Å². The number of nitrogens with two attached hydrogens (primary N) is 1. The molecular formula is C16H12N2. The van der Waals surface area contributed by atoms with Crippen LogP contribution in [0.2, 0.25) is 0 Å². The van der Waals surface area contributed by atoms with Gasteiger partial charge in [0.1, 0.15) is 0 Å². The molecule has 0 aliphatic rings. The quantitative estimate of drug-likeness (QED) is 0.561. The maximum Gasteiger partial charge on any atom is 0.0994 e. The van der Waals surface area contributed by atoms with Gasteiger partial charge in [-0.1, -0.05) is 24.0 Å². The van der Waals surface area contributed by atoms with Crippen molar-refractivity contribution in [2.45, 2.75) is 6.92 Å². The summed E-state index contributed by atoms with van der Waals surface area (Å²) in [5.74, 6) is 6.07. The zero-order valence-corrected chi connectivity index (χ0v) is 10.1. The molecule has 0 fully saturated rings. The molecule has 0 aliphatic heterocycles. The maximum atomic E-state index is 8.95. The molecule has 0 bridgehead atoms. The van der Waals surface area contributed by atoms with E-state index in [1.807, 2.05) is 43.3 Å².